The molecule has 24 heavy (non-hydrogen) atoms. The van der Waals surface area contributed by atoms with Crippen molar-refractivity contribution < 1.29 is 14.6 Å². The molecule has 2 N–H and O–H groups in total. The summed E-state index contributed by atoms with van der Waals surface area (Å²) < 4.78 is 5.51. The zero-order valence-electron chi connectivity index (χ0n) is 14.0. The van der Waals surface area contributed by atoms with E-state index in [1.165, 1.54) is 0 Å². The molecule has 7 heteroatoms. The van der Waals surface area contributed by atoms with Gasteiger partial charge in [0.25, 0.3) is 0 Å². The van der Waals surface area contributed by atoms with E-state index in [1.54, 1.807) is 11.9 Å². The summed E-state index contributed by atoms with van der Waals surface area (Å²) in [5.41, 5.74) is 1.07. The number of aliphatic hydroxyl groups excluding tert-OH is 1. The van der Waals surface area contributed by atoms with Gasteiger partial charge in [0.05, 0.1) is 19.3 Å². The van der Waals surface area contributed by atoms with Crippen molar-refractivity contribution in [2.75, 3.05) is 38.2 Å². The number of hydrogen-bond acceptors (Lipinski definition) is 5. The van der Waals surface area contributed by atoms with Crippen LogP contribution in [0.5, 0.6) is 0 Å². The topological polar surface area (TPSA) is 61.8 Å². The van der Waals surface area contributed by atoms with Crippen LogP contribution >= 0.6 is 24.2 Å². The Kier molecular flexibility index (Phi) is 10.4. The van der Waals surface area contributed by atoms with Crippen LogP contribution in [0.1, 0.15) is 12.0 Å². The molecule has 2 rings (SSSR count). The maximum absolute atomic E-state index is 12.2. The van der Waals surface area contributed by atoms with Crippen LogP contribution in [0, 0.1) is 0 Å². The van der Waals surface area contributed by atoms with Gasteiger partial charge in [0.2, 0.25) is 5.91 Å². The van der Waals surface area contributed by atoms with E-state index in [4.69, 9.17) is 4.74 Å². The Labute approximate surface area is 154 Å². The molecule has 0 aliphatic carbocycles. The highest BCUT2D eigenvalue weighted by Gasteiger charge is 2.20. The van der Waals surface area contributed by atoms with Gasteiger partial charge in [0, 0.05) is 44.1 Å². The third-order valence-electron chi connectivity index (χ3n) is 3.75. The van der Waals surface area contributed by atoms with Gasteiger partial charge < -0.3 is 20.1 Å². The van der Waals surface area contributed by atoms with Crippen molar-refractivity contribution in [3.8, 4) is 0 Å². The van der Waals surface area contributed by atoms with Gasteiger partial charge in [-0.3, -0.25) is 4.79 Å². The number of rotatable bonds is 8. The number of nitrogens with one attached hydrogen (secondary N) is 1. The Morgan fingerprint density at radius 1 is 1.46 bits per heavy atom. The molecule has 0 aromatic heterocycles. The fraction of sp³-hybridized carbons (Fsp3) is 0.588. The third kappa shape index (κ3) is 7.85. The summed E-state index contributed by atoms with van der Waals surface area (Å²) in [7, 11) is 1.73. The van der Waals surface area contributed by atoms with Crippen LogP contribution < -0.4 is 5.32 Å². The number of carbonyl (C=O) groups is 1. The first-order valence-corrected chi connectivity index (χ1v) is 9.15. The number of nitrogens with zero attached hydrogens (tertiary/aromatic N) is 1. The molecular weight excluding hydrogens is 348 g/mol. The number of halogens is 1. The van der Waals surface area contributed by atoms with Gasteiger partial charge in [-0.05, 0) is 5.56 Å². The molecular formula is C17H27ClN2O3S. The molecule has 1 aliphatic rings. The van der Waals surface area contributed by atoms with E-state index in [2.05, 4.69) is 5.32 Å². The molecule has 1 heterocycles. The highest BCUT2D eigenvalue weighted by molar-refractivity contribution is 7.99. The predicted octanol–water partition coefficient (Wildman–Crippen LogP) is 1.54. The van der Waals surface area contributed by atoms with Crippen molar-refractivity contribution in [1.29, 1.82) is 0 Å². The average molecular weight is 375 g/mol. The van der Waals surface area contributed by atoms with E-state index < -0.39 is 6.10 Å². The Balaban J connectivity index is 0.00000288. The largest absolute Gasteiger partial charge is 0.389 e. The fourth-order valence-corrected chi connectivity index (χ4v) is 3.42. The predicted molar refractivity (Wildman–Crippen MR) is 101 cm³/mol. The zero-order chi connectivity index (χ0) is 16.5. The minimum Gasteiger partial charge on any atom is -0.389 e. The van der Waals surface area contributed by atoms with Crippen molar-refractivity contribution in [3.05, 3.63) is 35.9 Å². The Morgan fingerprint density at radius 2 is 2.21 bits per heavy atom. The number of carbonyl (C=O) groups excluding carboxylic acids is 1. The van der Waals surface area contributed by atoms with E-state index in [0.717, 1.165) is 23.6 Å². The third-order valence-corrected chi connectivity index (χ3v) is 4.88. The van der Waals surface area contributed by atoms with Crippen molar-refractivity contribution >= 4 is 30.1 Å². The molecule has 1 amide bonds. The first-order chi connectivity index (χ1) is 11.1. The molecule has 1 fully saturated rings. The summed E-state index contributed by atoms with van der Waals surface area (Å²) in [4.78, 5) is 13.8. The molecule has 0 bridgehead atoms. The molecule has 1 aromatic carbocycles. The molecule has 136 valence electrons. The number of amides is 1. The number of aliphatic hydroxyl groups is 1. The Bertz CT molecular complexity index is 472. The molecule has 5 nitrogen and oxygen atoms in total. The van der Waals surface area contributed by atoms with Crippen LogP contribution in [0.15, 0.2) is 30.3 Å². The van der Waals surface area contributed by atoms with Gasteiger partial charge in [-0.2, -0.15) is 11.8 Å². The minimum absolute atomic E-state index is 0. The fourth-order valence-electron chi connectivity index (χ4n) is 2.48. The molecule has 1 aliphatic heterocycles. The Morgan fingerprint density at radius 3 is 2.88 bits per heavy atom. The van der Waals surface area contributed by atoms with Crippen LogP contribution in [0.2, 0.25) is 0 Å². The summed E-state index contributed by atoms with van der Waals surface area (Å²) >= 11 is 1.88. The van der Waals surface area contributed by atoms with Crippen molar-refractivity contribution in [2.45, 2.75) is 25.2 Å². The zero-order valence-corrected chi connectivity index (χ0v) is 15.7. The van der Waals surface area contributed by atoms with Crippen molar-refractivity contribution in [2.24, 2.45) is 0 Å². The van der Waals surface area contributed by atoms with E-state index in [-0.39, 0.29) is 31.0 Å². The van der Waals surface area contributed by atoms with Crippen molar-refractivity contribution in [3.63, 3.8) is 0 Å². The normalized spacial score (nSPS) is 18.5. The van der Waals surface area contributed by atoms with Gasteiger partial charge in [0.1, 0.15) is 0 Å². The minimum atomic E-state index is -0.665. The summed E-state index contributed by atoms with van der Waals surface area (Å²) in [6.07, 6.45) is -0.178. The molecule has 1 aromatic rings. The maximum Gasteiger partial charge on any atom is 0.223 e. The smallest absolute Gasteiger partial charge is 0.223 e. The lowest BCUT2D eigenvalue weighted by Crippen LogP contribution is -2.43. The lowest BCUT2D eigenvalue weighted by molar-refractivity contribution is -0.132. The van der Waals surface area contributed by atoms with Gasteiger partial charge in [-0.15, -0.1) is 12.4 Å². The highest BCUT2D eigenvalue weighted by Crippen LogP contribution is 2.11. The van der Waals surface area contributed by atoms with Gasteiger partial charge in [-0.1, -0.05) is 30.3 Å². The molecule has 2 unspecified atom stereocenters. The second-order valence-corrected chi connectivity index (χ2v) is 7.01. The second-order valence-electron chi connectivity index (χ2n) is 5.86. The van der Waals surface area contributed by atoms with Crippen LogP contribution in [-0.4, -0.2) is 66.3 Å². The summed E-state index contributed by atoms with van der Waals surface area (Å²) in [6.45, 7) is 1.96. The summed E-state index contributed by atoms with van der Waals surface area (Å²) in [5, 5.41) is 13.4. The lowest BCUT2D eigenvalue weighted by atomic mass is 10.2. The standard InChI is InChI=1S/C17H26N2O3S.ClH/c1-19(17(21)9-15-13-23-8-7-18-15)10-16(20)12-22-11-14-5-3-2-4-6-14;/h2-6,15-16,18,20H,7-13H2,1H3;1H. The van der Waals surface area contributed by atoms with Crippen LogP contribution in [0.25, 0.3) is 0 Å². The number of thioether (sulfide) groups is 1. The van der Waals surface area contributed by atoms with Gasteiger partial charge >= 0.3 is 0 Å². The van der Waals surface area contributed by atoms with Crippen molar-refractivity contribution in [1.82, 2.24) is 10.2 Å². The summed E-state index contributed by atoms with van der Waals surface area (Å²) in [5.74, 6) is 2.15. The van der Waals surface area contributed by atoms with Gasteiger partial charge in [-0.25, -0.2) is 0 Å². The van der Waals surface area contributed by atoms with Crippen LogP contribution in [-0.2, 0) is 16.1 Å². The molecule has 0 spiro atoms. The van der Waals surface area contributed by atoms with E-state index in [1.807, 2.05) is 42.1 Å². The molecule has 2 atom stereocenters. The molecule has 0 saturated carbocycles. The Hall–Kier alpha value is -0.790. The quantitative estimate of drug-likeness (QED) is 0.722. The van der Waals surface area contributed by atoms with E-state index in [0.29, 0.717) is 19.6 Å². The first kappa shape index (κ1) is 21.3. The first-order valence-electron chi connectivity index (χ1n) is 8.00. The SMILES string of the molecule is CN(CC(O)COCc1ccccc1)C(=O)CC1CSCCN1.Cl. The molecule has 1 saturated heterocycles. The number of likely N-dealkylation sites (N-methyl/N-ethyl adjacent to an activating group) is 1. The monoisotopic (exact) mass is 374 g/mol. The number of benzene rings is 1. The van der Waals surface area contributed by atoms with E-state index >= 15 is 0 Å². The summed E-state index contributed by atoms with van der Waals surface area (Å²) in [6, 6.07) is 10.1. The lowest BCUT2D eigenvalue weighted by Gasteiger charge is -2.26. The van der Waals surface area contributed by atoms with Gasteiger partial charge in [0.15, 0.2) is 0 Å². The number of hydrogen-bond donors (Lipinski definition) is 2. The van der Waals surface area contributed by atoms with Crippen LogP contribution in [0.4, 0.5) is 0 Å². The molecule has 0 radical (unpaired) electrons. The number of ether oxygens (including phenoxy) is 1. The van der Waals surface area contributed by atoms with E-state index in [9.17, 15) is 9.90 Å². The average Bonchev–Trinajstić information content (AvgIpc) is 2.56. The second kappa shape index (κ2) is 11.7. The highest BCUT2D eigenvalue weighted by atomic mass is 35.5. The van der Waals surface area contributed by atoms with Crippen LogP contribution in [0.3, 0.4) is 0 Å². The maximum atomic E-state index is 12.2.